The Kier molecular flexibility index (Phi) is 6.05. The lowest BCUT2D eigenvalue weighted by atomic mass is 9.97. The van der Waals surface area contributed by atoms with Gasteiger partial charge in [0, 0.05) is 32.7 Å². The van der Waals surface area contributed by atoms with Crippen molar-refractivity contribution in [2.45, 2.75) is 32.1 Å². The number of carbonyl (C=O) groups is 2. The molecule has 2 amide bonds. The summed E-state index contributed by atoms with van der Waals surface area (Å²) in [6.45, 7) is 4.23. The monoisotopic (exact) mass is 279 g/mol. The highest BCUT2D eigenvalue weighted by Gasteiger charge is 2.17. The second kappa shape index (κ2) is 8.04. The van der Waals surface area contributed by atoms with Crippen molar-refractivity contribution < 1.29 is 9.59 Å². The van der Waals surface area contributed by atoms with Crippen LogP contribution in [0.25, 0.3) is 0 Å². The van der Waals surface area contributed by atoms with Crippen LogP contribution in [0.5, 0.6) is 0 Å². The number of hydrogen-bond donors (Lipinski definition) is 1. The van der Waals surface area contributed by atoms with E-state index < -0.39 is 0 Å². The van der Waals surface area contributed by atoms with Gasteiger partial charge in [0.15, 0.2) is 0 Å². The van der Waals surface area contributed by atoms with Crippen LogP contribution in [0.4, 0.5) is 0 Å². The Labute approximate surface area is 121 Å². The highest BCUT2D eigenvalue weighted by Crippen LogP contribution is 2.19. The van der Waals surface area contributed by atoms with Gasteiger partial charge < -0.3 is 10.2 Å². The first-order valence-corrected chi connectivity index (χ1v) is 7.64. The van der Waals surface area contributed by atoms with Crippen LogP contribution in [0.1, 0.15) is 32.1 Å². The Morgan fingerprint density at radius 3 is 2.70 bits per heavy atom. The van der Waals surface area contributed by atoms with E-state index in [1.54, 1.807) is 4.90 Å². The molecule has 1 heterocycles. The molecule has 20 heavy (non-hydrogen) atoms. The van der Waals surface area contributed by atoms with Crippen LogP contribution in [0.3, 0.4) is 0 Å². The summed E-state index contributed by atoms with van der Waals surface area (Å²) < 4.78 is 0. The van der Waals surface area contributed by atoms with Crippen LogP contribution in [0, 0.1) is 0 Å². The van der Waals surface area contributed by atoms with Crippen molar-refractivity contribution >= 4 is 12.3 Å². The fraction of sp³-hybridized carbons (Fsp3) is 0.733. The number of allylic oxidation sites excluding steroid dienone is 1. The summed E-state index contributed by atoms with van der Waals surface area (Å²) in [6.07, 6.45) is 9.20. The van der Waals surface area contributed by atoms with Gasteiger partial charge in [0.1, 0.15) is 0 Å². The number of piperazine rings is 1. The van der Waals surface area contributed by atoms with Crippen LogP contribution >= 0.6 is 0 Å². The normalized spacial score (nSPS) is 20.4. The summed E-state index contributed by atoms with van der Waals surface area (Å²) in [5.41, 5.74) is 1.50. The predicted molar refractivity (Wildman–Crippen MR) is 78.3 cm³/mol. The molecule has 1 saturated heterocycles. The molecule has 1 aliphatic heterocycles. The van der Waals surface area contributed by atoms with E-state index in [4.69, 9.17) is 0 Å². The van der Waals surface area contributed by atoms with Crippen molar-refractivity contribution in [1.82, 2.24) is 15.1 Å². The number of carbonyl (C=O) groups excluding carboxylic acids is 2. The average molecular weight is 279 g/mol. The van der Waals surface area contributed by atoms with E-state index in [1.165, 1.54) is 31.3 Å². The van der Waals surface area contributed by atoms with Crippen molar-refractivity contribution in [2.24, 2.45) is 0 Å². The highest BCUT2D eigenvalue weighted by atomic mass is 16.2. The van der Waals surface area contributed by atoms with E-state index >= 15 is 0 Å². The average Bonchev–Trinajstić information content (AvgIpc) is 2.49. The molecule has 0 radical (unpaired) electrons. The van der Waals surface area contributed by atoms with Gasteiger partial charge in [-0.1, -0.05) is 11.6 Å². The minimum Gasteiger partial charge on any atom is -0.355 e. The third-order valence-corrected chi connectivity index (χ3v) is 4.08. The molecule has 0 spiro atoms. The second-order valence-corrected chi connectivity index (χ2v) is 5.63. The van der Waals surface area contributed by atoms with Gasteiger partial charge in [-0.2, -0.15) is 0 Å². The molecule has 2 rings (SSSR count). The molecule has 5 nitrogen and oxygen atoms in total. The Bertz CT molecular complexity index is 360. The van der Waals surface area contributed by atoms with Gasteiger partial charge in [0.2, 0.25) is 12.3 Å². The quantitative estimate of drug-likeness (QED) is 0.577. The van der Waals surface area contributed by atoms with E-state index in [2.05, 4.69) is 16.3 Å². The minimum atomic E-state index is 0.0981. The zero-order chi connectivity index (χ0) is 14.2. The van der Waals surface area contributed by atoms with E-state index in [-0.39, 0.29) is 5.91 Å². The standard InChI is InChI=1S/C15H25N3O2/c19-13-18-10-8-17(9-11-18)12-15(20)16-7-6-14-4-2-1-3-5-14/h4,13H,1-3,5-12H2,(H,16,20). The Hall–Kier alpha value is -1.36. The van der Waals surface area contributed by atoms with E-state index in [1.807, 2.05) is 0 Å². The zero-order valence-electron chi connectivity index (χ0n) is 12.1. The fourth-order valence-corrected chi connectivity index (χ4v) is 2.78. The van der Waals surface area contributed by atoms with Gasteiger partial charge in [-0.25, -0.2) is 0 Å². The molecule has 1 fully saturated rings. The summed E-state index contributed by atoms with van der Waals surface area (Å²) >= 11 is 0. The van der Waals surface area contributed by atoms with Crippen LogP contribution < -0.4 is 5.32 Å². The molecule has 0 unspecified atom stereocenters. The van der Waals surface area contributed by atoms with Gasteiger partial charge >= 0.3 is 0 Å². The van der Waals surface area contributed by atoms with E-state index in [0.717, 1.165) is 45.6 Å². The number of rotatable bonds is 6. The third-order valence-electron chi connectivity index (χ3n) is 4.08. The summed E-state index contributed by atoms with van der Waals surface area (Å²) in [7, 11) is 0. The predicted octanol–water partition coefficient (Wildman–Crippen LogP) is 0.767. The summed E-state index contributed by atoms with van der Waals surface area (Å²) in [4.78, 5) is 26.3. The van der Waals surface area contributed by atoms with Crippen molar-refractivity contribution in [1.29, 1.82) is 0 Å². The molecule has 0 bridgehead atoms. The maximum absolute atomic E-state index is 11.8. The van der Waals surface area contributed by atoms with Gasteiger partial charge in [-0.15, -0.1) is 0 Å². The Morgan fingerprint density at radius 1 is 1.25 bits per heavy atom. The van der Waals surface area contributed by atoms with Crippen molar-refractivity contribution in [2.75, 3.05) is 39.3 Å². The largest absolute Gasteiger partial charge is 0.355 e. The number of nitrogens with one attached hydrogen (secondary N) is 1. The van der Waals surface area contributed by atoms with Crippen molar-refractivity contribution in [3.8, 4) is 0 Å². The highest BCUT2D eigenvalue weighted by molar-refractivity contribution is 5.78. The molecule has 112 valence electrons. The van der Waals surface area contributed by atoms with Crippen LogP contribution in [0.15, 0.2) is 11.6 Å². The molecule has 0 atom stereocenters. The molecular formula is C15H25N3O2. The lowest BCUT2D eigenvalue weighted by Crippen LogP contribution is -2.49. The number of nitrogens with zero attached hydrogens (tertiary/aromatic N) is 2. The molecule has 1 N–H and O–H groups in total. The SMILES string of the molecule is O=CN1CCN(CC(=O)NCCC2=CCCCC2)CC1. The molecular weight excluding hydrogens is 254 g/mol. The Balaban J connectivity index is 1.58. The Morgan fingerprint density at radius 2 is 2.05 bits per heavy atom. The molecule has 0 saturated carbocycles. The van der Waals surface area contributed by atoms with E-state index in [0.29, 0.717) is 6.54 Å². The maximum Gasteiger partial charge on any atom is 0.234 e. The summed E-state index contributed by atoms with van der Waals surface area (Å²) in [5, 5.41) is 3.00. The van der Waals surface area contributed by atoms with Crippen molar-refractivity contribution in [3.63, 3.8) is 0 Å². The van der Waals surface area contributed by atoms with Crippen molar-refractivity contribution in [3.05, 3.63) is 11.6 Å². The lowest BCUT2D eigenvalue weighted by Gasteiger charge is -2.31. The smallest absolute Gasteiger partial charge is 0.234 e. The molecule has 1 aliphatic carbocycles. The first kappa shape index (κ1) is 15.0. The molecule has 0 aromatic heterocycles. The van der Waals surface area contributed by atoms with Gasteiger partial charge in [0.05, 0.1) is 6.54 Å². The van der Waals surface area contributed by atoms with E-state index in [9.17, 15) is 9.59 Å². The summed E-state index contributed by atoms with van der Waals surface area (Å²) in [6, 6.07) is 0. The summed E-state index contributed by atoms with van der Waals surface area (Å²) in [5.74, 6) is 0.0981. The molecule has 0 aromatic rings. The van der Waals surface area contributed by atoms with Gasteiger partial charge in [-0.3, -0.25) is 14.5 Å². The molecule has 2 aliphatic rings. The fourth-order valence-electron chi connectivity index (χ4n) is 2.78. The van der Waals surface area contributed by atoms with Crippen LogP contribution in [-0.4, -0.2) is 61.4 Å². The first-order valence-electron chi connectivity index (χ1n) is 7.64. The van der Waals surface area contributed by atoms with Crippen LogP contribution in [0.2, 0.25) is 0 Å². The minimum absolute atomic E-state index is 0.0981. The lowest BCUT2D eigenvalue weighted by molar-refractivity contribution is -0.123. The van der Waals surface area contributed by atoms with Gasteiger partial charge in [-0.05, 0) is 32.1 Å². The first-order chi connectivity index (χ1) is 9.78. The van der Waals surface area contributed by atoms with Crippen LogP contribution in [-0.2, 0) is 9.59 Å². The third kappa shape index (κ3) is 4.96. The molecule has 0 aromatic carbocycles. The number of amides is 2. The second-order valence-electron chi connectivity index (χ2n) is 5.63. The molecule has 5 heteroatoms. The number of hydrogen-bond acceptors (Lipinski definition) is 3. The van der Waals surface area contributed by atoms with Gasteiger partial charge in [0.25, 0.3) is 0 Å². The zero-order valence-corrected chi connectivity index (χ0v) is 12.1. The topological polar surface area (TPSA) is 52.7 Å². The maximum atomic E-state index is 11.8.